The number of nitrogens with zero attached hydrogens (tertiary/aromatic N) is 2. The van der Waals surface area contributed by atoms with Gasteiger partial charge in [-0.25, -0.2) is 5.10 Å². The van der Waals surface area contributed by atoms with Crippen LogP contribution in [0.25, 0.3) is 0 Å². The van der Waals surface area contributed by atoms with Crippen molar-refractivity contribution in [2.75, 3.05) is 18.0 Å². The van der Waals surface area contributed by atoms with Gasteiger partial charge in [-0.05, 0) is 6.42 Å². The van der Waals surface area contributed by atoms with Crippen LogP contribution in [0.2, 0.25) is 5.02 Å². The summed E-state index contributed by atoms with van der Waals surface area (Å²) in [7, 11) is 0. The van der Waals surface area contributed by atoms with Crippen molar-refractivity contribution in [3.8, 4) is 0 Å². The molecular formula is C8H10ClN3O2. The molecule has 1 fully saturated rings. The highest BCUT2D eigenvalue weighted by Crippen LogP contribution is 2.24. The van der Waals surface area contributed by atoms with Crippen LogP contribution in [0.1, 0.15) is 6.42 Å². The van der Waals surface area contributed by atoms with Gasteiger partial charge in [-0.3, -0.25) is 4.79 Å². The van der Waals surface area contributed by atoms with Crippen molar-refractivity contribution in [1.82, 2.24) is 10.2 Å². The van der Waals surface area contributed by atoms with E-state index in [4.69, 9.17) is 11.6 Å². The molecule has 1 saturated heterocycles. The van der Waals surface area contributed by atoms with Crippen LogP contribution in [0.15, 0.2) is 11.0 Å². The summed E-state index contributed by atoms with van der Waals surface area (Å²) < 4.78 is 0. The molecule has 0 amide bonds. The zero-order valence-electron chi connectivity index (χ0n) is 7.40. The summed E-state index contributed by atoms with van der Waals surface area (Å²) in [6.45, 7) is 1.21. The van der Waals surface area contributed by atoms with Crippen molar-refractivity contribution in [3.05, 3.63) is 21.6 Å². The normalized spacial score (nSPS) is 21.6. The molecule has 14 heavy (non-hydrogen) atoms. The maximum Gasteiger partial charge on any atom is 0.285 e. The second kappa shape index (κ2) is 3.59. The molecule has 1 aliphatic heterocycles. The molecule has 0 aliphatic carbocycles. The number of aromatic nitrogens is 2. The molecule has 0 aromatic carbocycles. The number of halogens is 1. The molecule has 0 spiro atoms. The summed E-state index contributed by atoms with van der Waals surface area (Å²) in [5.74, 6) is 0. The Morgan fingerprint density at radius 1 is 1.71 bits per heavy atom. The van der Waals surface area contributed by atoms with Gasteiger partial charge in [-0.2, -0.15) is 5.10 Å². The van der Waals surface area contributed by atoms with Crippen LogP contribution in [0.5, 0.6) is 0 Å². The van der Waals surface area contributed by atoms with E-state index >= 15 is 0 Å². The van der Waals surface area contributed by atoms with Crippen molar-refractivity contribution >= 4 is 17.3 Å². The Morgan fingerprint density at radius 3 is 3.14 bits per heavy atom. The predicted molar refractivity (Wildman–Crippen MR) is 52.7 cm³/mol. The summed E-state index contributed by atoms with van der Waals surface area (Å²) in [5, 5.41) is 15.4. The van der Waals surface area contributed by atoms with Crippen molar-refractivity contribution in [3.63, 3.8) is 0 Å². The number of aliphatic hydroxyl groups is 1. The Labute approximate surface area is 85.3 Å². The Kier molecular flexibility index (Phi) is 2.43. The lowest BCUT2D eigenvalue weighted by Gasteiger charge is -2.17. The monoisotopic (exact) mass is 215 g/mol. The van der Waals surface area contributed by atoms with Gasteiger partial charge >= 0.3 is 0 Å². The standard InChI is InChI=1S/C8H10ClN3O2/c9-7-6(3-10-11-8(7)14)12-2-1-5(13)4-12/h3,5,13H,1-2,4H2,(H,11,14)/t5-/m0/s1. The van der Waals surface area contributed by atoms with E-state index in [1.165, 1.54) is 6.20 Å². The average molecular weight is 216 g/mol. The van der Waals surface area contributed by atoms with E-state index in [-0.39, 0.29) is 11.1 Å². The third kappa shape index (κ3) is 1.60. The van der Waals surface area contributed by atoms with Gasteiger partial charge < -0.3 is 10.0 Å². The van der Waals surface area contributed by atoms with Gasteiger partial charge in [0.2, 0.25) is 0 Å². The van der Waals surface area contributed by atoms with E-state index in [0.717, 1.165) is 0 Å². The molecule has 5 nitrogen and oxygen atoms in total. The quantitative estimate of drug-likeness (QED) is 0.692. The Balaban J connectivity index is 2.33. The van der Waals surface area contributed by atoms with E-state index in [1.807, 2.05) is 4.90 Å². The minimum Gasteiger partial charge on any atom is -0.391 e. The van der Waals surface area contributed by atoms with Crippen molar-refractivity contribution in [1.29, 1.82) is 0 Å². The van der Waals surface area contributed by atoms with Crippen LogP contribution in [0, 0.1) is 0 Å². The molecule has 76 valence electrons. The molecule has 0 bridgehead atoms. The average Bonchev–Trinajstić information content (AvgIpc) is 2.57. The van der Waals surface area contributed by atoms with E-state index in [2.05, 4.69) is 10.2 Å². The highest BCUT2D eigenvalue weighted by atomic mass is 35.5. The molecule has 1 atom stereocenters. The fourth-order valence-electron chi connectivity index (χ4n) is 1.56. The fourth-order valence-corrected chi connectivity index (χ4v) is 1.77. The Bertz CT molecular complexity index is 392. The lowest BCUT2D eigenvalue weighted by molar-refractivity contribution is 0.198. The minimum atomic E-state index is -0.398. The maximum absolute atomic E-state index is 11.1. The number of hydrogen-bond acceptors (Lipinski definition) is 4. The molecule has 2 N–H and O–H groups in total. The number of nitrogens with one attached hydrogen (secondary N) is 1. The number of aromatic amines is 1. The van der Waals surface area contributed by atoms with E-state index in [0.29, 0.717) is 25.2 Å². The topological polar surface area (TPSA) is 69.2 Å². The second-order valence-electron chi connectivity index (χ2n) is 3.29. The van der Waals surface area contributed by atoms with Crippen LogP contribution >= 0.6 is 11.6 Å². The number of anilines is 1. The van der Waals surface area contributed by atoms with Crippen molar-refractivity contribution in [2.45, 2.75) is 12.5 Å². The molecule has 0 unspecified atom stereocenters. The second-order valence-corrected chi connectivity index (χ2v) is 3.66. The van der Waals surface area contributed by atoms with Gasteiger partial charge in [0.05, 0.1) is 18.0 Å². The summed E-state index contributed by atoms with van der Waals surface area (Å²) in [6.07, 6.45) is 1.86. The minimum absolute atomic E-state index is 0.133. The molecule has 2 rings (SSSR count). The van der Waals surface area contributed by atoms with E-state index < -0.39 is 5.56 Å². The van der Waals surface area contributed by atoms with Gasteiger partial charge in [0.1, 0.15) is 5.02 Å². The van der Waals surface area contributed by atoms with Crippen molar-refractivity contribution in [2.24, 2.45) is 0 Å². The zero-order chi connectivity index (χ0) is 10.1. The van der Waals surface area contributed by atoms with Gasteiger partial charge in [0, 0.05) is 13.1 Å². The number of aliphatic hydroxyl groups excluding tert-OH is 1. The first kappa shape index (κ1) is 9.48. The number of β-amino-alcohol motifs (C(OH)–C–C–N with tert-alkyl or cyclic N) is 1. The number of hydrogen-bond donors (Lipinski definition) is 2. The predicted octanol–water partition coefficient (Wildman–Crippen LogP) is -0.00570. The SMILES string of the molecule is O=c1[nH]ncc(N2CC[C@H](O)C2)c1Cl. The molecular weight excluding hydrogens is 206 g/mol. The van der Waals surface area contributed by atoms with Crippen LogP contribution in [0.3, 0.4) is 0 Å². The maximum atomic E-state index is 11.1. The molecule has 1 aromatic heterocycles. The van der Waals surface area contributed by atoms with Gasteiger partial charge in [-0.1, -0.05) is 11.6 Å². The van der Waals surface area contributed by atoms with Crippen LogP contribution < -0.4 is 10.5 Å². The third-order valence-electron chi connectivity index (χ3n) is 2.28. The summed E-state index contributed by atoms with van der Waals surface area (Å²) in [4.78, 5) is 13.0. The highest BCUT2D eigenvalue weighted by molar-refractivity contribution is 6.33. The smallest absolute Gasteiger partial charge is 0.285 e. The molecule has 1 aromatic rings. The Hall–Kier alpha value is -1.07. The van der Waals surface area contributed by atoms with Crippen LogP contribution in [0.4, 0.5) is 5.69 Å². The largest absolute Gasteiger partial charge is 0.391 e. The van der Waals surface area contributed by atoms with Gasteiger partial charge in [-0.15, -0.1) is 0 Å². The molecule has 0 radical (unpaired) electrons. The summed E-state index contributed by atoms with van der Waals surface area (Å²) in [6, 6.07) is 0. The molecule has 1 aliphatic rings. The first-order chi connectivity index (χ1) is 6.68. The van der Waals surface area contributed by atoms with Gasteiger partial charge in [0.15, 0.2) is 0 Å². The third-order valence-corrected chi connectivity index (χ3v) is 2.65. The first-order valence-corrected chi connectivity index (χ1v) is 4.72. The Morgan fingerprint density at radius 2 is 2.50 bits per heavy atom. The molecule has 0 saturated carbocycles. The lowest BCUT2D eigenvalue weighted by atomic mass is 10.3. The zero-order valence-corrected chi connectivity index (χ0v) is 8.16. The summed E-state index contributed by atoms with van der Waals surface area (Å²) >= 11 is 5.81. The number of H-pyrrole nitrogens is 1. The fraction of sp³-hybridized carbons (Fsp3) is 0.500. The number of rotatable bonds is 1. The van der Waals surface area contributed by atoms with E-state index in [1.54, 1.807) is 0 Å². The lowest BCUT2D eigenvalue weighted by Crippen LogP contribution is -2.24. The van der Waals surface area contributed by atoms with Gasteiger partial charge in [0.25, 0.3) is 5.56 Å². The van der Waals surface area contributed by atoms with E-state index in [9.17, 15) is 9.90 Å². The molecule has 2 heterocycles. The summed E-state index contributed by atoms with van der Waals surface area (Å²) in [5.41, 5.74) is 0.192. The van der Waals surface area contributed by atoms with Crippen LogP contribution in [-0.4, -0.2) is 34.5 Å². The van der Waals surface area contributed by atoms with Crippen molar-refractivity contribution < 1.29 is 5.11 Å². The highest BCUT2D eigenvalue weighted by Gasteiger charge is 2.23. The molecule has 6 heteroatoms. The first-order valence-electron chi connectivity index (χ1n) is 4.34. The van der Waals surface area contributed by atoms with Crippen LogP contribution in [-0.2, 0) is 0 Å².